The van der Waals surface area contributed by atoms with Gasteiger partial charge in [0.2, 0.25) is 0 Å². The van der Waals surface area contributed by atoms with Gasteiger partial charge in [0.25, 0.3) is 11.1 Å². The maximum absolute atomic E-state index is 13.8. The molecule has 5 aromatic rings. The summed E-state index contributed by atoms with van der Waals surface area (Å²) in [6.45, 7) is 5.60. The first kappa shape index (κ1) is 29.0. The Kier molecular flexibility index (Phi) is 7.29. The van der Waals surface area contributed by atoms with Gasteiger partial charge in [0, 0.05) is 61.3 Å². The van der Waals surface area contributed by atoms with E-state index in [0.29, 0.717) is 46.1 Å². The van der Waals surface area contributed by atoms with E-state index in [1.807, 2.05) is 28.8 Å². The van der Waals surface area contributed by atoms with Crippen LogP contribution in [0.1, 0.15) is 43.5 Å². The van der Waals surface area contributed by atoms with Crippen LogP contribution in [0.4, 0.5) is 17.2 Å². The van der Waals surface area contributed by atoms with Crippen LogP contribution in [-0.4, -0.2) is 47.9 Å². The molecule has 3 N–H and O–H groups in total. The molecule has 1 saturated heterocycles. The third-order valence-corrected chi connectivity index (χ3v) is 8.82. The van der Waals surface area contributed by atoms with Crippen molar-refractivity contribution in [3.05, 3.63) is 98.8 Å². The van der Waals surface area contributed by atoms with Crippen LogP contribution in [0.3, 0.4) is 0 Å². The van der Waals surface area contributed by atoms with Crippen molar-refractivity contribution in [2.24, 2.45) is 12.5 Å². The highest BCUT2D eigenvalue weighted by Gasteiger charge is 2.32. The lowest BCUT2D eigenvalue weighted by Gasteiger charge is -2.24. The Labute approximate surface area is 260 Å². The van der Waals surface area contributed by atoms with E-state index in [1.54, 1.807) is 44.0 Å². The van der Waals surface area contributed by atoms with Gasteiger partial charge in [-0.15, -0.1) is 0 Å². The van der Waals surface area contributed by atoms with Crippen LogP contribution in [0.15, 0.2) is 70.9 Å². The fourth-order valence-electron chi connectivity index (χ4n) is 6.67. The largest absolute Gasteiger partial charge is 0.392 e. The summed E-state index contributed by atoms with van der Waals surface area (Å²) in [4.78, 5) is 35.9. The van der Waals surface area contributed by atoms with Crippen LogP contribution < -0.4 is 21.8 Å². The maximum atomic E-state index is 13.8. The zero-order chi connectivity index (χ0) is 31.3. The Balaban J connectivity index is 1.21. The molecule has 7 rings (SSSR count). The second kappa shape index (κ2) is 11.3. The Morgan fingerprint density at radius 2 is 1.96 bits per heavy atom. The molecule has 11 nitrogen and oxygen atoms in total. The van der Waals surface area contributed by atoms with Crippen molar-refractivity contribution >= 4 is 22.7 Å². The second-order valence-electron chi connectivity index (χ2n) is 12.9. The summed E-state index contributed by atoms with van der Waals surface area (Å²) in [5.74, 6) is 0.871. The predicted molar refractivity (Wildman–Crippen MR) is 174 cm³/mol. The molecule has 0 aromatic carbocycles. The van der Waals surface area contributed by atoms with Gasteiger partial charge in [-0.1, -0.05) is 13.8 Å². The predicted octanol–water partition coefficient (Wildman–Crippen LogP) is 4.20. The molecular weight excluding hydrogens is 570 g/mol. The van der Waals surface area contributed by atoms with Gasteiger partial charge in [-0.3, -0.25) is 14.2 Å². The zero-order valence-electron chi connectivity index (χ0n) is 25.7. The third kappa shape index (κ3) is 5.42. The summed E-state index contributed by atoms with van der Waals surface area (Å²) in [5, 5.41) is 17.2. The van der Waals surface area contributed by atoms with Gasteiger partial charge in [-0.05, 0) is 72.6 Å². The van der Waals surface area contributed by atoms with E-state index in [1.165, 1.54) is 20.4 Å². The molecule has 0 amide bonds. The molecule has 1 atom stereocenters. The fourth-order valence-corrected chi connectivity index (χ4v) is 6.67. The average molecular weight is 608 g/mol. The average Bonchev–Trinajstić information content (AvgIpc) is 3.52. The Hall–Kier alpha value is -4.74. The molecule has 1 fully saturated rings. The van der Waals surface area contributed by atoms with Crippen LogP contribution in [0, 0.1) is 5.41 Å². The quantitative estimate of drug-likeness (QED) is 0.251. The maximum Gasteiger partial charge on any atom is 0.280 e. The van der Waals surface area contributed by atoms with Crippen LogP contribution in [-0.2, 0) is 31.2 Å². The van der Waals surface area contributed by atoms with Crippen molar-refractivity contribution in [1.82, 2.24) is 23.5 Å². The van der Waals surface area contributed by atoms with Crippen molar-refractivity contribution in [3.8, 4) is 16.9 Å². The minimum Gasteiger partial charge on any atom is -0.392 e. The van der Waals surface area contributed by atoms with Crippen molar-refractivity contribution in [2.45, 2.75) is 52.2 Å². The highest BCUT2D eigenvalue weighted by atomic mass is 16.5. The number of nitrogens with zero attached hydrogens (tertiary/aromatic N) is 5. The fraction of sp³-hybridized carbons (Fsp3) is 0.353. The molecule has 1 unspecified atom stereocenters. The smallest absolute Gasteiger partial charge is 0.280 e. The van der Waals surface area contributed by atoms with Gasteiger partial charge in [-0.2, -0.15) is 0 Å². The molecule has 1 aliphatic carbocycles. The number of ether oxygens (including phenoxy) is 1. The van der Waals surface area contributed by atoms with E-state index >= 15 is 0 Å². The molecule has 0 spiro atoms. The van der Waals surface area contributed by atoms with Crippen LogP contribution >= 0.6 is 0 Å². The Morgan fingerprint density at radius 1 is 1.09 bits per heavy atom. The number of aryl methyl sites for hydroxylation is 1. The number of aliphatic hydroxyl groups is 1. The third-order valence-electron chi connectivity index (χ3n) is 8.82. The topological polar surface area (TPSA) is 128 Å². The first-order valence-electron chi connectivity index (χ1n) is 15.3. The first-order valence-corrected chi connectivity index (χ1v) is 15.3. The van der Waals surface area contributed by atoms with E-state index < -0.39 is 0 Å². The second-order valence-corrected chi connectivity index (χ2v) is 12.9. The van der Waals surface area contributed by atoms with E-state index in [9.17, 15) is 14.7 Å². The number of pyridine rings is 3. The van der Waals surface area contributed by atoms with Crippen molar-refractivity contribution in [1.29, 1.82) is 0 Å². The summed E-state index contributed by atoms with van der Waals surface area (Å²) in [7, 11) is 1.68. The molecule has 45 heavy (non-hydrogen) atoms. The molecule has 11 heteroatoms. The van der Waals surface area contributed by atoms with E-state index in [4.69, 9.17) is 4.74 Å². The highest BCUT2D eigenvalue weighted by molar-refractivity contribution is 5.73. The molecule has 1 aliphatic heterocycles. The summed E-state index contributed by atoms with van der Waals surface area (Å²) < 4.78 is 10.5. The zero-order valence-corrected chi connectivity index (χ0v) is 25.7. The first-order chi connectivity index (χ1) is 21.7. The number of hydrogen-bond acceptors (Lipinski definition) is 8. The van der Waals surface area contributed by atoms with Crippen LogP contribution in [0.2, 0.25) is 0 Å². The molecule has 0 saturated carbocycles. The molecule has 0 bridgehead atoms. The normalized spacial score (nSPS) is 17.4. The Bertz CT molecular complexity index is 2020. The van der Waals surface area contributed by atoms with Crippen molar-refractivity contribution < 1.29 is 9.84 Å². The number of hydrogen-bond donors (Lipinski definition) is 3. The lowest BCUT2D eigenvalue weighted by molar-refractivity contribution is 0.0876. The minimum atomic E-state index is -0.352. The summed E-state index contributed by atoms with van der Waals surface area (Å²) in [6, 6.07) is 9.50. The van der Waals surface area contributed by atoms with E-state index in [0.717, 1.165) is 38.0 Å². The van der Waals surface area contributed by atoms with Crippen molar-refractivity contribution in [3.63, 3.8) is 0 Å². The number of anilines is 3. The van der Waals surface area contributed by atoms with Crippen LogP contribution in [0.5, 0.6) is 0 Å². The van der Waals surface area contributed by atoms with Gasteiger partial charge in [-0.25, -0.2) is 9.97 Å². The molecule has 5 aromatic heterocycles. The molecular formula is C34H37N7O4. The van der Waals surface area contributed by atoms with Gasteiger partial charge in [0.15, 0.2) is 0 Å². The Morgan fingerprint density at radius 3 is 2.71 bits per heavy atom. The molecule has 232 valence electrons. The summed E-state index contributed by atoms with van der Waals surface area (Å²) in [5.41, 5.74) is 5.74. The molecule has 2 aliphatic rings. The minimum absolute atomic E-state index is 0.172. The van der Waals surface area contributed by atoms with E-state index in [2.05, 4.69) is 34.4 Å². The standard InChI is InChI=1S/C34H37N7O4/c1-34(2)15-21-14-28-33(44)41(11-10-40(28)29(21)16-34)31-26(19-42)25(8-9-35-31)22-13-27(32(43)39(3)18-22)38-30-7-6-23(17-36-30)37-24-5-4-12-45-20-24/h6-11,13-14,17-18,24,37,42H,4-5,12,15-16,19-20H2,1-3H3,(H,36,38). The number of aromatic nitrogens is 5. The molecule has 0 radical (unpaired) electrons. The van der Waals surface area contributed by atoms with Crippen LogP contribution in [0.25, 0.3) is 22.5 Å². The van der Waals surface area contributed by atoms with Crippen molar-refractivity contribution in [2.75, 3.05) is 23.8 Å². The SMILES string of the molecule is Cn1cc(-c2ccnc(-n3ccn4c5c(cc4c3=O)CC(C)(C)C5)c2CO)cc(Nc2ccc(NC3CCCOC3)cn2)c1=O. The number of fused-ring (bicyclic) bond motifs is 3. The van der Waals surface area contributed by atoms with E-state index in [-0.39, 0.29) is 29.2 Å². The van der Waals surface area contributed by atoms with Gasteiger partial charge in [0.05, 0.1) is 25.1 Å². The lowest BCUT2D eigenvalue weighted by atomic mass is 9.90. The summed E-state index contributed by atoms with van der Waals surface area (Å²) >= 11 is 0. The number of aliphatic hydroxyl groups excluding tert-OH is 1. The van der Waals surface area contributed by atoms with Gasteiger partial charge in [0.1, 0.15) is 22.8 Å². The summed E-state index contributed by atoms with van der Waals surface area (Å²) in [6.07, 6.45) is 12.6. The highest BCUT2D eigenvalue weighted by Crippen LogP contribution is 2.37. The monoisotopic (exact) mass is 607 g/mol. The van der Waals surface area contributed by atoms with Gasteiger partial charge < -0.3 is 29.4 Å². The van der Waals surface area contributed by atoms with Gasteiger partial charge >= 0.3 is 0 Å². The lowest BCUT2D eigenvalue weighted by Crippen LogP contribution is -2.29. The number of rotatable bonds is 7. The number of nitrogens with one attached hydrogen (secondary N) is 2. The molecule has 6 heterocycles.